The molecule has 0 heterocycles. The van der Waals surface area contributed by atoms with Gasteiger partial charge in [0, 0.05) is 0 Å². The van der Waals surface area contributed by atoms with Gasteiger partial charge in [-0.2, -0.15) is 0 Å². The molecule has 1 nitrogen and oxygen atoms in total. The molecule has 0 bridgehead atoms. The van der Waals surface area contributed by atoms with Crippen LogP contribution in [0, 0.1) is 0 Å². The Hall–Kier alpha value is -0.763. The lowest BCUT2D eigenvalue weighted by atomic mass is 10.3. The fourth-order valence-corrected chi connectivity index (χ4v) is 1.26. The maximum Gasteiger partial charge on any atom is 0.316 e. The van der Waals surface area contributed by atoms with Gasteiger partial charge in [0.2, 0.25) is 0 Å². The molecular formula is C10H14OSi. The summed E-state index contributed by atoms with van der Waals surface area (Å²) >= 11 is 0. The highest BCUT2D eigenvalue weighted by Gasteiger charge is 2.14. The Morgan fingerprint density at radius 3 is 2.17 bits per heavy atom. The van der Waals surface area contributed by atoms with E-state index >= 15 is 0 Å². The lowest BCUT2D eigenvalue weighted by molar-refractivity contribution is 0.544. The highest BCUT2D eigenvalue weighted by atomic mass is 28.2. The van der Waals surface area contributed by atoms with Gasteiger partial charge in [-0.25, -0.2) is 0 Å². The highest BCUT2D eigenvalue weighted by Crippen LogP contribution is 2.21. The minimum Gasteiger partial charge on any atom is -0.540 e. The van der Waals surface area contributed by atoms with Crippen molar-refractivity contribution in [3.05, 3.63) is 30.3 Å². The molecule has 0 aliphatic carbocycles. The minimum absolute atomic E-state index is 0.260. The highest BCUT2D eigenvalue weighted by molar-refractivity contribution is 6.32. The van der Waals surface area contributed by atoms with Gasteiger partial charge in [-0.15, -0.1) is 0 Å². The van der Waals surface area contributed by atoms with Crippen molar-refractivity contribution >= 4 is 9.76 Å². The molecule has 0 saturated heterocycles. The van der Waals surface area contributed by atoms with E-state index in [1.165, 1.54) is 0 Å². The summed E-state index contributed by atoms with van der Waals surface area (Å²) in [5.41, 5.74) is 0. The van der Waals surface area contributed by atoms with E-state index in [1.807, 2.05) is 30.3 Å². The Balaban J connectivity index is 2.44. The van der Waals surface area contributed by atoms with Crippen LogP contribution in [0.4, 0.5) is 0 Å². The molecule has 1 aromatic carbocycles. The number of hydrogen-bond acceptors (Lipinski definition) is 1. The van der Waals surface area contributed by atoms with Crippen LogP contribution in [0.2, 0.25) is 5.04 Å². The monoisotopic (exact) mass is 178 g/mol. The number of para-hydroxylation sites is 1. The van der Waals surface area contributed by atoms with Crippen molar-refractivity contribution in [3.8, 4) is 5.75 Å². The molecular weight excluding hydrogens is 164 g/mol. The van der Waals surface area contributed by atoms with E-state index in [2.05, 4.69) is 20.8 Å². The van der Waals surface area contributed by atoms with Gasteiger partial charge >= 0.3 is 9.76 Å². The lowest BCUT2D eigenvalue weighted by Gasteiger charge is -2.15. The fourth-order valence-electron chi connectivity index (χ4n) is 0.701. The van der Waals surface area contributed by atoms with Crippen LogP contribution in [-0.2, 0) is 0 Å². The van der Waals surface area contributed by atoms with Crippen LogP contribution < -0.4 is 4.43 Å². The summed E-state index contributed by atoms with van der Waals surface area (Å²) in [6.45, 7) is 6.52. The zero-order valence-electron chi connectivity index (χ0n) is 7.79. The molecule has 64 valence electrons. The molecule has 0 saturated carbocycles. The Kier molecular flexibility index (Phi) is 2.92. The molecule has 0 spiro atoms. The fraction of sp³-hybridized carbons (Fsp3) is 0.400. The van der Waals surface area contributed by atoms with Crippen molar-refractivity contribution in [3.63, 3.8) is 0 Å². The molecule has 0 fully saturated rings. The maximum absolute atomic E-state index is 5.60. The molecule has 2 radical (unpaired) electrons. The molecule has 12 heavy (non-hydrogen) atoms. The van der Waals surface area contributed by atoms with Gasteiger partial charge in [-0.3, -0.25) is 0 Å². The third kappa shape index (κ3) is 3.58. The first kappa shape index (κ1) is 9.33. The topological polar surface area (TPSA) is 9.23 Å². The van der Waals surface area contributed by atoms with Gasteiger partial charge < -0.3 is 4.43 Å². The van der Waals surface area contributed by atoms with Crippen LogP contribution in [0.1, 0.15) is 20.8 Å². The minimum atomic E-state index is 0.260. The molecule has 0 aliphatic heterocycles. The molecule has 2 heteroatoms. The average molecular weight is 178 g/mol. The zero-order valence-corrected chi connectivity index (χ0v) is 8.79. The molecule has 1 rings (SSSR count). The predicted molar refractivity (Wildman–Crippen MR) is 52.5 cm³/mol. The van der Waals surface area contributed by atoms with E-state index < -0.39 is 0 Å². The smallest absolute Gasteiger partial charge is 0.316 e. The van der Waals surface area contributed by atoms with Gasteiger partial charge in [-0.1, -0.05) is 39.0 Å². The first-order valence-corrected chi connectivity index (χ1v) is 4.98. The van der Waals surface area contributed by atoms with Crippen LogP contribution in [-0.4, -0.2) is 9.76 Å². The summed E-state index contributed by atoms with van der Waals surface area (Å²) in [5, 5.41) is 0.260. The van der Waals surface area contributed by atoms with Crippen molar-refractivity contribution in [1.29, 1.82) is 0 Å². The largest absolute Gasteiger partial charge is 0.540 e. The molecule has 1 aromatic rings. The second-order valence-electron chi connectivity index (χ2n) is 3.77. The van der Waals surface area contributed by atoms with Crippen molar-refractivity contribution in [2.75, 3.05) is 0 Å². The second-order valence-corrected chi connectivity index (χ2v) is 5.68. The molecule has 0 N–H and O–H groups in total. The Labute approximate surface area is 76.7 Å². The molecule has 0 atom stereocenters. The van der Waals surface area contributed by atoms with Gasteiger partial charge in [0.1, 0.15) is 5.75 Å². The Morgan fingerprint density at radius 1 is 1.08 bits per heavy atom. The van der Waals surface area contributed by atoms with Gasteiger partial charge in [0.15, 0.2) is 0 Å². The quantitative estimate of drug-likeness (QED) is 0.633. The second kappa shape index (κ2) is 3.76. The third-order valence-corrected chi connectivity index (χ3v) is 2.17. The molecule has 0 amide bonds. The molecule has 0 aliphatic rings. The number of hydrogen-bond donors (Lipinski definition) is 0. The van der Waals surface area contributed by atoms with Crippen LogP contribution in [0.3, 0.4) is 0 Å². The first-order chi connectivity index (χ1) is 5.58. The standard InChI is InChI=1S/C10H14OSi/c1-10(2,3)12-11-9-7-5-4-6-8-9/h4-8H,1-3H3. The summed E-state index contributed by atoms with van der Waals surface area (Å²) in [4.78, 5) is 0. The van der Waals surface area contributed by atoms with Gasteiger partial charge in [-0.05, 0) is 17.2 Å². The van der Waals surface area contributed by atoms with Crippen LogP contribution in [0.15, 0.2) is 30.3 Å². The van der Waals surface area contributed by atoms with Gasteiger partial charge in [0.05, 0.1) is 0 Å². The number of rotatable bonds is 2. The maximum atomic E-state index is 5.60. The van der Waals surface area contributed by atoms with Crippen molar-refractivity contribution < 1.29 is 4.43 Å². The van der Waals surface area contributed by atoms with Crippen molar-refractivity contribution in [1.82, 2.24) is 0 Å². The van der Waals surface area contributed by atoms with Crippen LogP contribution >= 0.6 is 0 Å². The lowest BCUT2D eigenvalue weighted by Crippen LogP contribution is -2.15. The third-order valence-electron chi connectivity index (χ3n) is 1.22. The SMILES string of the molecule is CC(C)(C)[Si]Oc1ccccc1. The van der Waals surface area contributed by atoms with E-state index in [1.54, 1.807) is 0 Å². The molecule has 0 unspecified atom stereocenters. The van der Waals surface area contributed by atoms with Gasteiger partial charge in [0.25, 0.3) is 0 Å². The van der Waals surface area contributed by atoms with Crippen molar-refractivity contribution in [2.24, 2.45) is 0 Å². The van der Waals surface area contributed by atoms with E-state index in [-0.39, 0.29) is 5.04 Å². The summed E-state index contributed by atoms with van der Waals surface area (Å²) < 4.78 is 5.60. The summed E-state index contributed by atoms with van der Waals surface area (Å²) in [7, 11) is 0.519. The summed E-state index contributed by atoms with van der Waals surface area (Å²) in [6.07, 6.45) is 0. The molecule has 0 aromatic heterocycles. The average Bonchev–Trinajstić information content (AvgIpc) is 2.02. The van der Waals surface area contributed by atoms with Crippen LogP contribution in [0.5, 0.6) is 5.75 Å². The van der Waals surface area contributed by atoms with E-state index in [0.29, 0.717) is 9.76 Å². The Morgan fingerprint density at radius 2 is 1.67 bits per heavy atom. The van der Waals surface area contributed by atoms with E-state index in [0.717, 1.165) is 5.75 Å². The van der Waals surface area contributed by atoms with E-state index in [9.17, 15) is 0 Å². The van der Waals surface area contributed by atoms with E-state index in [4.69, 9.17) is 4.43 Å². The Bertz CT molecular complexity index is 225. The van der Waals surface area contributed by atoms with Crippen molar-refractivity contribution in [2.45, 2.75) is 25.8 Å². The summed E-state index contributed by atoms with van der Waals surface area (Å²) in [6, 6.07) is 9.94. The number of benzene rings is 1. The van der Waals surface area contributed by atoms with Crippen LogP contribution in [0.25, 0.3) is 0 Å². The summed E-state index contributed by atoms with van der Waals surface area (Å²) in [5.74, 6) is 0.964. The normalized spacial score (nSPS) is 11.2. The predicted octanol–water partition coefficient (Wildman–Crippen LogP) is 2.90. The first-order valence-electron chi connectivity index (χ1n) is 4.07. The zero-order chi connectivity index (χ0) is 9.03.